The van der Waals surface area contributed by atoms with Crippen molar-refractivity contribution in [3.05, 3.63) is 59.7 Å². The molecule has 0 amide bonds. The van der Waals surface area contributed by atoms with E-state index in [1.165, 1.54) is 0 Å². The van der Waals surface area contributed by atoms with Crippen LogP contribution in [0, 0.1) is 13.8 Å². The van der Waals surface area contributed by atoms with Crippen LogP contribution in [-0.4, -0.2) is 8.64 Å². The molecule has 0 radical (unpaired) electrons. The predicted octanol–water partition coefficient (Wildman–Crippen LogP) is 4.47. The van der Waals surface area contributed by atoms with E-state index in [0.717, 1.165) is 22.5 Å². The normalized spacial score (nSPS) is 8.78. The van der Waals surface area contributed by atoms with E-state index < -0.39 is 0 Å². The zero-order valence-electron chi connectivity index (χ0n) is 13.0. The van der Waals surface area contributed by atoms with Crippen LogP contribution in [0.25, 0.3) is 0 Å². The molecule has 0 aliphatic heterocycles. The van der Waals surface area contributed by atoms with Crippen molar-refractivity contribution in [1.29, 1.82) is 0 Å². The number of anilines is 2. The molecular weight excluding hydrogens is 414 g/mol. The van der Waals surface area contributed by atoms with Gasteiger partial charge in [0.15, 0.2) is 0 Å². The number of nitrogens with one attached hydrogen (secondary N) is 2. The number of para-hydroxylation sites is 2. The quantitative estimate of drug-likeness (QED) is 0.415. The molecule has 2 rings (SSSR count). The second-order valence-corrected chi connectivity index (χ2v) is 6.60. The maximum absolute atomic E-state index is 4.74. The van der Waals surface area contributed by atoms with E-state index in [4.69, 9.17) is 49.7 Å². The molecule has 0 aromatic heterocycles. The van der Waals surface area contributed by atoms with E-state index in [1.54, 1.807) is 0 Å². The average Bonchev–Trinajstić information content (AvgIpc) is 2.44. The first-order valence-corrected chi connectivity index (χ1v) is 8.10. The molecule has 0 atom stereocenters. The smallest absolute Gasteiger partial charge is 0.411 e. The van der Waals surface area contributed by atoms with Gasteiger partial charge in [-0.15, -0.1) is 0 Å². The van der Waals surface area contributed by atoms with E-state index in [2.05, 4.69) is 10.6 Å². The van der Waals surface area contributed by atoms with Crippen LogP contribution in [0.5, 0.6) is 0 Å². The molecule has 2 nitrogen and oxygen atoms in total. The largest absolute Gasteiger partial charge is 2.00 e. The topological polar surface area (TPSA) is 24.1 Å². The molecule has 116 valence electrons. The van der Waals surface area contributed by atoms with Crippen LogP contribution in [0.15, 0.2) is 48.5 Å². The fraction of sp³-hybridized carbons (Fsp3) is 0.125. The number of benzene rings is 2. The maximum atomic E-state index is 4.74. The van der Waals surface area contributed by atoms with Gasteiger partial charge in [0.1, 0.15) is 0 Å². The van der Waals surface area contributed by atoms with Crippen LogP contribution in [0.4, 0.5) is 11.4 Å². The third kappa shape index (κ3) is 9.23. The Bertz CT molecular complexity index is 605. The third-order valence-corrected chi connectivity index (χ3v) is 3.17. The molecule has 0 heterocycles. The van der Waals surface area contributed by atoms with Gasteiger partial charge in [0.25, 0.3) is 0 Å². The summed E-state index contributed by atoms with van der Waals surface area (Å²) in [4.78, 5) is 0. The third-order valence-electron chi connectivity index (χ3n) is 2.76. The van der Waals surface area contributed by atoms with Gasteiger partial charge >= 0.3 is 19.5 Å². The molecule has 0 saturated heterocycles. The van der Waals surface area contributed by atoms with Gasteiger partial charge in [-0.3, -0.25) is 0 Å². The molecule has 2 aromatic carbocycles. The van der Waals surface area contributed by atoms with Gasteiger partial charge in [-0.1, -0.05) is 45.0 Å². The van der Waals surface area contributed by atoms with Crippen LogP contribution < -0.4 is 10.6 Å². The van der Waals surface area contributed by atoms with E-state index in [9.17, 15) is 0 Å². The minimum absolute atomic E-state index is 0. The summed E-state index contributed by atoms with van der Waals surface area (Å²) in [7, 11) is 0. The van der Waals surface area contributed by atoms with Gasteiger partial charge < -0.3 is 60.3 Å². The molecule has 0 aliphatic rings. The van der Waals surface area contributed by atoms with E-state index in [1.807, 2.05) is 62.4 Å². The van der Waals surface area contributed by atoms with Crippen LogP contribution in [0.1, 0.15) is 11.1 Å². The number of aryl methyl sites for hydroxylation is 2. The van der Waals surface area contributed by atoms with Crippen LogP contribution in [0.3, 0.4) is 0 Å². The predicted molar refractivity (Wildman–Crippen MR) is 110 cm³/mol. The van der Waals surface area contributed by atoms with E-state index in [-0.39, 0.29) is 19.5 Å². The molecule has 0 spiro atoms. The zero-order chi connectivity index (χ0) is 16.5. The van der Waals surface area contributed by atoms with Crippen molar-refractivity contribution in [2.24, 2.45) is 0 Å². The van der Waals surface area contributed by atoms with Crippen LogP contribution in [0.2, 0.25) is 0 Å². The van der Waals surface area contributed by atoms with Crippen molar-refractivity contribution >= 4 is 69.7 Å². The molecule has 0 fully saturated rings. The van der Waals surface area contributed by atoms with Crippen molar-refractivity contribution in [2.75, 3.05) is 10.6 Å². The number of rotatable bonds is 2. The first kappa shape index (κ1) is 22.3. The monoisotopic (exact) mass is 428 g/mol. The second kappa shape index (κ2) is 11.8. The summed E-state index contributed by atoms with van der Waals surface area (Å²) in [6.07, 6.45) is 0. The van der Waals surface area contributed by atoms with Gasteiger partial charge in [-0.25, -0.2) is 0 Å². The fourth-order valence-corrected chi connectivity index (χ4v) is 2.09. The zero-order valence-corrected chi connectivity index (χ0v) is 19.2. The summed E-state index contributed by atoms with van der Waals surface area (Å²) in [5.41, 5.74) is 4.29. The van der Waals surface area contributed by atoms with Gasteiger partial charge in [0.05, 0.1) is 0 Å². The number of hydrogen-bond acceptors (Lipinski definition) is 4. The summed E-state index contributed by atoms with van der Waals surface area (Å²) in [6, 6.07) is 15.8. The number of hydrogen-bond donors (Lipinski definition) is 2. The summed E-state index contributed by atoms with van der Waals surface area (Å²) in [5.74, 6) is 0. The van der Waals surface area contributed by atoms with Crippen molar-refractivity contribution in [3.63, 3.8) is 0 Å². The first-order valence-electron chi connectivity index (χ1n) is 6.47. The average molecular weight is 430 g/mol. The maximum Gasteiger partial charge on any atom is 2.00 e. The van der Waals surface area contributed by atoms with Crippen molar-refractivity contribution < 1.29 is 19.5 Å². The molecule has 0 bridgehead atoms. The summed E-state index contributed by atoms with van der Waals surface area (Å²) in [5, 5.41) is 5.84. The Labute approximate surface area is 172 Å². The minimum Gasteiger partial charge on any atom is -0.411 e. The standard InChI is InChI=1S/2C8H9NS2.Zn/c2*1-6-4-2-3-5-7(6)9-8(10)11;/h2*2-5H,1H3,(H2,9,10,11);/q;;+2/p-2. The molecule has 2 aromatic rings. The minimum atomic E-state index is 0. The van der Waals surface area contributed by atoms with E-state index >= 15 is 0 Å². The van der Waals surface area contributed by atoms with Crippen molar-refractivity contribution in [2.45, 2.75) is 13.8 Å². The molecular formula is C16H16N2S4Zn. The molecule has 7 heteroatoms. The van der Waals surface area contributed by atoms with Gasteiger partial charge in [-0.2, -0.15) is 0 Å². The summed E-state index contributed by atoms with van der Waals surface area (Å²) in [6.45, 7) is 4.02. The molecule has 0 saturated carbocycles. The van der Waals surface area contributed by atoms with Crippen molar-refractivity contribution in [1.82, 2.24) is 0 Å². The summed E-state index contributed by atoms with van der Waals surface area (Å²) < 4.78 is 0.776. The van der Waals surface area contributed by atoms with Crippen LogP contribution >= 0.6 is 24.4 Å². The Hall–Kier alpha value is -0.717. The van der Waals surface area contributed by atoms with Gasteiger partial charge in [-0.05, 0) is 37.1 Å². The van der Waals surface area contributed by atoms with Crippen LogP contribution in [-0.2, 0) is 44.7 Å². The molecule has 2 N–H and O–H groups in total. The van der Waals surface area contributed by atoms with Gasteiger partial charge in [0.2, 0.25) is 0 Å². The Morgan fingerprint density at radius 2 is 1.04 bits per heavy atom. The molecule has 0 unspecified atom stereocenters. The Kier molecular flexibility index (Phi) is 11.4. The SMILES string of the molecule is Cc1ccccc1NC(=S)[S-].Cc1ccccc1NC(=S)[S-].[Zn+2]. The second-order valence-electron chi connectivity index (χ2n) is 4.45. The fourth-order valence-electron chi connectivity index (χ4n) is 1.65. The molecule has 23 heavy (non-hydrogen) atoms. The van der Waals surface area contributed by atoms with E-state index in [0.29, 0.717) is 8.64 Å². The van der Waals surface area contributed by atoms with Gasteiger partial charge in [0, 0.05) is 11.4 Å². The molecule has 0 aliphatic carbocycles. The Morgan fingerprint density at radius 3 is 1.30 bits per heavy atom. The first-order chi connectivity index (χ1) is 10.4. The van der Waals surface area contributed by atoms with Crippen molar-refractivity contribution in [3.8, 4) is 0 Å². The Morgan fingerprint density at radius 1 is 0.739 bits per heavy atom. The number of thiocarbonyl (C=S) groups is 2. The summed E-state index contributed by atoms with van der Waals surface area (Å²) >= 11 is 19.0. The Balaban J connectivity index is 0.000000403.